The van der Waals surface area contributed by atoms with E-state index in [9.17, 15) is 4.39 Å². The fraction of sp³-hybridized carbons (Fsp3) is 0.385. The molecule has 0 atom stereocenters. The van der Waals surface area contributed by atoms with E-state index in [1.165, 1.54) is 7.11 Å². The van der Waals surface area contributed by atoms with Gasteiger partial charge in [0.2, 0.25) is 0 Å². The summed E-state index contributed by atoms with van der Waals surface area (Å²) in [6.07, 6.45) is 3.08. The van der Waals surface area contributed by atoms with Gasteiger partial charge in [0.1, 0.15) is 0 Å². The fourth-order valence-electron chi connectivity index (χ4n) is 2.01. The van der Waals surface area contributed by atoms with Gasteiger partial charge in [0, 0.05) is 18.7 Å². The molecule has 0 radical (unpaired) electrons. The van der Waals surface area contributed by atoms with Crippen molar-refractivity contribution in [3.63, 3.8) is 0 Å². The van der Waals surface area contributed by atoms with Crippen molar-refractivity contribution in [3.8, 4) is 5.75 Å². The molecule has 0 saturated heterocycles. The van der Waals surface area contributed by atoms with Gasteiger partial charge in [0.15, 0.2) is 11.6 Å². The predicted octanol–water partition coefficient (Wildman–Crippen LogP) is 2.55. The molecule has 86 valence electrons. The standard InChI is InChI=1S/C13H16FNO/c1-15-8-4-5-10(9-15)11-6-3-7-12(16-2)13(11)14/h3,5-7H,4,8-9H2,1-2H3. The molecule has 2 nitrogen and oxygen atoms in total. The molecule has 1 aliphatic heterocycles. The molecule has 2 rings (SSSR count). The molecule has 0 saturated carbocycles. The molecule has 1 aliphatic rings. The molecular weight excluding hydrogens is 205 g/mol. The summed E-state index contributed by atoms with van der Waals surface area (Å²) < 4.78 is 19.0. The van der Waals surface area contributed by atoms with Gasteiger partial charge in [0.25, 0.3) is 0 Å². The molecule has 1 aromatic rings. The summed E-state index contributed by atoms with van der Waals surface area (Å²) in [4.78, 5) is 2.19. The van der Waals surface area contributed by atoms with E-state index >= 15 is 0 Å². The molecule has 3 heteroatoms. The van der Waals surface area contributed by atoms with Crippen LogP contribution in [0.3, 0.4) is 0 Å². The number of likely N-dealkylation sites (N-methyl/N-ethyl adjacent to an activating group) is 1. The van der Waals surface area contributed by atoms with Gasteiger partial charge in [-0.15, -0.1) is 0 Å². The lowest BCUT2D eigenvalue weighted by Crippen LogP contribution is -2.25. The highest BCUT2D eigenvalue weighted by Gasteiger charge is 2.15. The van der Waals surface area contributed by atoms with Crippen LogP contribution in [0.15, 0.2) is 24.3 Å². The van der Waals surface area contributed by atoms with Gasteiger partial charge in [-0.2, -0.15) is 0 Å². The topological polar surface area (TPSA) is 12.5 Å². The van der Waals surface area contributed by atoms with Gasteiger partial charge >= 0.3 is 0 Å². The Morgan fingerprint density at radius 2 is 2.19 bits per heavy atom. The first-order valence-electron chi connectivity index (χ1n) is 5.43. The second-order valence-corrected chi connectivity index (χ2v) is 4.08. The van der Waals surface area contributed by atoms with E-state index in [4.69, 9.17) is 4.74 Å². The molecule has 0 amide bonds. The van der Waals surface area contributed by atoms with Crippen LogP contribution in [0.4, 0.5) is 4.39 Å². The third kappa shape index (κ3) is 2.09. The van der Waals surface area contributed by atoms with Crippen molar-refractivity contribution in [3.05, 3.63) is 35.7 Å². The Hall–Kier alpha value is -1.35. The van der Waals surface area contributed by atoms with Crippen molar-refractivity contribution in [2.24, 2.45) is 0 Å². The summed E-state index contributed by atoms with van der Waals surface area (Å²) in [6, 6.07) is 5.28. The van der Waals surface area contributed by atoms with E-state index in [-0.39, 0.29) is 5.82 Å². The molecule has 0 bridgehead atoms. The van der Waals surface area contributed by atoms with Crippen LogP contribution >= 0.6 is 0 Å². The lowest BCUT2D eigenvalue weighted by atomic mass is 10.0. The minimum Gasteiger partial charge on any atom is -0.494 e. The smallest absolute Gasteiger partial charge is 0.172 e. The Balaban J connectivity index is 2.36. The van der Waals surface area contributed by atoms with Crippen molar-refractivity contribution < 1.29 is 9.13 Å². The lowest BCUT2D eigenvalue weighted by Gasteiger charge is -2.23. The molecule has 16 heavy (non-hydrogen) atoms. The van der Waals surface area contributed by atoms with E-state index in [1.54, 1.807) is 6.07 Å². The van der Waals surface area contributed by atoms with Gasteiger partial charge < -0.3 is 9.64 Å². The SMILES string of the molecule is COc1cccc(C2=CCCN(C)C2)c1F. The number of benzene rings is 1. The fourth-order valence-corrected chi connectivity index (χ4v) is 2.01. The van der Waals surface area contributed by atoms with Crippen molar-refractivity contribution >= 4 is 5.57 Å². The van der Waals surface area contributed by atoms with Gasteiger partial charge in [0.05, 0.1) is 7.11 Å². The first-order valence-corrected chi connectivity index (χ1v) is 5.43. The minimum absolute atomic E-state index is 0.258. The Morgan fingerprint density at radius 3 is 2.88 bits per heavy atom. The summed E-state index contributed by atoms with van der Waals surface area (Å²) in [6.45, 7) is 1.83. The van der Waals surface area contributed by atoms with E-state index in [1.807, 2.05) is 19.2 Å². The van der Waals surface area contributed by atoms with Gasteiger partial charge in [-0.1, -0.05) is 18.2 Å². The summed E-state index contributed by atoms with van der Waals surface area (Å²) in [7, 11) is 3.54. The maximum absolute atomic E-state index is 14.0. The average Bonchev–Trinajstić information content (AvgIpc) is 2.29. The summed E-state index contributed by atoms with van der Waals surface area (Å²) in [5.41, 5.74) is 1.70. The van der Waals surface area contributed by atoms with Crippen LogP contribution < -0.4 is 4.74 Å². The van der Waals surface area contributed by atoms with Crippen molar-refractivity contribution in [1.82, 2.24) is 4.90 Å². The van der Waals surface area contributed by atoms with Crippen LogP contribution in [0.1, 0.15) is 12.0 Å². The number of hydrogen-bond donors (Lipinski definition) is 0. The Labute approximate surface area is 95.3 Å². The molecule has 1 aromatic carbocycles. The van der Waals surface area contributed by atoms with Crippen LogP contribution in [0.25, 0.3) is 5.57 Å². The summed E-state index contributed by atoms with van der Waals surface area (Å²) in [5.74, 6) is 0.0539. The van der Waals surface area contributed by atoms with E-state index < -0.39 is 0 Å². The van der Waals surface area contributed by atoms with Gasteiger partial charge in [-0.3, -0.25) is 0 Å². The average molecular weight is 221 g/mol. The molecule has 0 aliphatic carbocycles. The number of methoxy groups -OCH3 is 1. The van der Waals surface area contributed by atoms with Crippen molar-refractivity contribution in [1.29, 1.82) is 0 Å². The largest absolute Gasteiger partial charge is 0.494 e. The highest BCUT2D eigenvalue weighted by atomic mass is 19.1. The quantitative estimate of drug-likeness (QED) is 0.761. The van der Waals surface area contributed by atoms with Gasteiger partial charge in [-0.25, -0.2) is 4.39 Å². The van der Waals surface area contributed by atoms with E-state index in [0.29, 0.717) is 11.3 Å². The first kappa shape index (κ1) is 11.1. The van der Waals surface area contributed by atoms with E-state index in [0.717, 1.165) is 25.1 Å². The van der Waals surface area contributed by atoms with Crippen LogP contribution in [0.5, 0.6) is 5.75 Å². The minimum atomic E-state index is -0.258. The molecule has 0 unspecified atom stereocenters. The third-order valence-electron chi connectivity index (χ3n) is 2.87. The Bertz CT molecular complexity index is 414. The number of halogens is 1. The first-order chi connectivity index (χ1) is 7.72. The molecular formula is C13H16FNO. The zero-order chi connectivity index (χ0) is 11.5. The van der Waals surface area contributed by atoms with Gasteiger partial charge in [-0.05, 0) is 25.1 Å². The Kier molecular flexibility index (Phi) is 3.25. The van der Waals surface area contributed by atoms with Crippen LogP contribution in [-0.2, 0) is 0 Å². The third-order valence-corrected chi connectivity index (χ3v) is 2.87. The highest BCUT2D eigenvalue weighted by Crippen LogP contribution is 2.27. The van der Waals surface area contributed by atoms with Crippen LogP contribution in [0, 0.1) is 5.82 Å². The highest BCUT2D eigenvalue weighted by molar-refractivity contribution is 5.69. The second kappa shape index (κ2) is 4.66. The van der Waals surface area contributed by atoms with Crippen molar-refractivity contribution in [2.45, 2.75) is 6.42 Å². The predicted molar refractivity (Wildman–Crippen MR) is 63.0 cm³/mol. The monoisotopic (exact) mass is 221 g/mol. The number of ether oxygens (including phenoxy) is 1. The molecule has 0 N–H and O–H groups in total. The zero-order valence-electron chi connectivity index (χ0n) is 9.66. The number of nitrogens with zero attached hydrogens (tertiary/aromatic N) is 1. The molecule has 0 aromatic heterocycles. The lowest BCUT2D eigenvalue weighted by molar-refractivity contribution is 0.369. The molecule has 0 fully saturated rings. The zero-order valence-corrected chi connectivity index (χ0v) is 9.66. The van der Waals surface area contributed by atoms with Crippen LogP contribution in [0.2, 0.25) is 0 Å². The summed E-state index contributed by atoms with van der Waals surface area (Å²) in [5, 5.41) is 0. The summed E-state index contributed by atoms with van der Waals surface area (Å²) >= 11 is 0. The number of rotatable bonds is 2. The maximum Gasteiger partial charge on any atom is 0.172 e. The van der Waals surface area contributed by atoms with E-state index in [2.05, 4.69) is 11.0 Å². The normalized spacial score (nSPS) is 17.1. The van der Waals surface area contributed by atoms with Crippen LogP contribution in [-0.4, -0.2) is 32.1 Å². The molecule has 0 spiro atoms. The molecule has 1 heterocycles. The Morgan fingerprint density at radius 1 is 1.38 bits per heavy atom. The second-order valence-electron chi connectivity index (χ2n) is 4.08. The number of hydrogen-bond acceptors (Lipinski definition) is 2. The van der Waals surface area contributed by atoms with Crippen molar-refractivity contribution in [2.75, 3.05) is 27.2 Å². The maximum atomic E-state index is 14.0.